The second kappa shape index (κ2) is 7.49. The van der Waals surface area contributed by atoms with Crippen LogP contribution in [-0.4, -0.2) is 56.1 Å². The van der Waals surface area contributed by atoms with E-state index in [1.165, 1.54) is 0 Å². The van der Waals surface area contributed by atoms with Gasteiger partial charge in [0.05, 0.1) is 30.5 Å². The van der Waals surface area contributed by atoms with Crippen LogP contribution in [0.1, 0.15) is 52.9 Å². The molecule has 0 spiro atoms. The summed E-state index contributed by atoms with van der Waals surface area (Å²) in [7, 11) is 0. The molecule has 0 bridgehead atoms. The van der Waals surface area contributed by atoms with Crippen molar-refractivity contribution in [2.75, 3.05) is 6.61 Å². The first-order valence-corrected chi connectivity index (χ1v) is 9.26. The lowest BCUT2D eigenvalue weighted by Gasteiger charge is -2.41. The van der Waals surface area contributed by atoms with Crippen molar-refractivity contribution >= 4 is 0 Å². The molecule has 5 nitrogen and oxygen atoms in total. The molecule has 1 fully saturated rings. The predicted octanol–water partition coefficient (Wildman–Crippen LogP) is 1.53. The third-order valence-corrected chi connectivity index (χ3v) is 6.58. The fourth-order valence-electron chi connectivity index (χ4n) is 4.71. The molecule has 5 N–H and O–H groups in total. The Morgan fingerprint density at radius 1 is 1.20 bits per heavy atom. The summed E-state index contributed by atoms with van der Waals surface area (Å²) in [5.74, 6) is -0.200. The molecule has 6 atom stereocenters. The van der Waals surface area contributed by atoms with Gasteiger partial charge in [0.1, 0.15) is 0 Å². The van der Waals surface area contributed by atoms with Crippen LogP contribution >= 0.6 is 0 Å². The maximum atomic E-state index is 10.9. The highest BCUT2D eigenvalue weighted by atomic mass is 16.3. The van der Waals surface area contributed by atoms with Gasteiger partial charge in [0.25, 0.3) is 0 Å². The minimum atomic E-state index is -0.925. The SMILES string of the molecule is C=C1C(O)CCC(CO)=CC(O)C2(C)CCC(C(C)(C)O)C2CC1O. The van der Waals surface area contributed by atoms with Crippen molar-refractivity contribution in [3.05, 3.63) is 23.8 Å². The summed E-state index contributed by atoms with van der Waals surface area (Å²) >= 11 is 0. The number of hydrogen-bond donors (Lipinski definition) is 5. The molecule has 2 aliphatic rings. The van der Waals surface area contributed by atoms with Gasteiger partial charge in [-0.3, -0.25) is 0 Å². The molecule has 0 radical (unpaired) electrons. The first kappa shape index (κ1) is 20.6. The van der Waals surface area contributed by atoms with E-state index in [1.807, 2.05) is 6.92 Å². The van der Waals surface area contributed by atoms with Crippen LogP contribution in [0.5, 0.6) is 0 Å². The Balaban J connectivity index is 2.46. The normalized spacial score (nSPS) is 41.0. The quantitative estimate of drug-likeness (QED) is 0.484. The lowest BCUT2D eigenvalue weighted by atomic mass is 9.67. The Hall–Kier alpha value is -0.720. The third-order valence-electron chi connectivity index (χ3n) is 6.58. The van der Waals surface area contributed by atoms with E-state index in [4.69, 9.17) is 0 Å². The van der Waals surface area contributed by atoms with Crippen LogP contribution in [0.4, 0.5) is 0 Å². The largest absolute Gasteiger partial charge is 0.392 e. The number of aliphatic hydroxyl groups excluding tert-OH is 4. The van der Waals surface area contributed by atoms with E-state index in [0.29, 0.717) is 30.4 Å². The van der Waals surface area contributed by atoms with Gasteiger partial charge in [-0.1, -0.05) is 19.6 Å². The minimum absolute atomic E-state index is 0.0709. The topological polar surface area (TPSA) is 101 Å². The zero-order chi connectivity index (χ0) is 19.0. The van der Waals surface area contributed by atoms with Crippen LogP contribution < -0.4 is 0 Å². The van der Waals surface area contributed by atoms with E-state index in [-0.39, 0.29) is 18.4 Å². The Labute approximate surface area is 150 Å². The predicted molar refractivity (Wildman–Crippen MR) is 96.8 cm³/mol. The zero-order valence-corrected chi connectivity index (χ0v) is 15.6. The Kier molecular flexibility index (Phi) is 6.17. The molecule has 5 heteroatoms. The highest BCUT2D eigenvalue weighted by Gasteiger charge is 2.53. The minimum Gasteiger partial charge on any atom is -0.392 e. The Bertz CT molecular complexity index is 521. The zero-order valence-electron chi connectivity index (χ0n) is 15.6. The van der Waals surface area contributed by atoms with E-state index in [1.54, 1.807) is 19.9 Å². The van der Waals surface area contributed by atoms with Crippen LogP contribution in [0, 0.1) is 17.3 Å². The van der Waals surface area contributed by atoms with Crippen LogP contribution in [0.3, 0.4) is 0 Å². The third kappa shape index (κ3) is 4.17. The highest BCUT2D eigenvalue weighted by molar-refractivity contribution is 5.17. The first-order valence-electron chi connectivity index (χ1n) is 9.26. The molecular formula is C20H34O5. The summed E-state index contributed by atoms with van der Waals surface area (Å²) < 4.78 is 0. The summed E-state index contributed by atoms with van der Waals surface area (Å²) in [5.41, 5.74) is -0.382. The summed E-state index contributed by atoms with van der Waals surface area (Å²) in [6, 6.07) is 0. The second-order valence-electron chi connectivity index (χ2n) is 8.72. The van der Waals surface area contributed by atoms with Crippen molar-refractivity contribution in [1.82, 2.24) is 0 Å². The smallest absolute Gasteiger partial charge is 0.0780 e. The molecule has 0 saturated heterocycles. The summed E-state index contributed by atoms with van der Waals surface area (Å²) in [6.45, 7) is 9.22. The molecule has 2 rings (SSSR count). The molecule has 0 aliphatic heterocycles. The molecule has 0 amide bonds. The number of hydrogen-bond acceptors (Lipinski definition) is 5. The molecule has 1 saturated carbocycles. The van der Waals surface area contributed by atoms with Gasteiger partial charge >= 0.3 is 0 Å². The van der Waals surface area contributed by atoms with Crippen LogP contribution in [-0.2, 0) is 0 Å². The highest BCUT2D eigenvalue weighted by Crippen LogP contribution is 2.55. The van der Waals surface area contributed by atoms with E-state index in [2.05, 4.69) is 6.58 Å². The first-order chi connectivity index (χ1) is 11.5. The molecular weight excluding hydrogens is 320 g/mol. The van der Waals surface area contributed by atoms with E-state index in [9.17, 15) is 25.5 Å². The van der Waals surface area contributed by atoms with Gasteiger partial charge in [-0.25, -0.2) is 0 Å². The number of fused-ring (bicyclic) bond motifs is 1. The average molecular weight is 354 g/mol. The molecule has 6 unspecified atom stereocenters. The van der Waals surface area contributed by atoms with E-state index >= 15 is 0 Å². The summed E-state index contributed by atoms with van der Waals surface area (Å²) in [6.07, 6.45) is 1.81. The number of aliphatic hydroxyl groups is 5. The van der Waals surface area contributed by atoms with Gasteiger partial charge in [-0.15, -0.1) is 0 Å². The van der Waals surface area contributed by atoms with E-state index < -0.39 is 29.3 Å². The van der Waals surface area contributed by atoms with Gasteiger partial charge < -0.3 is 25.5 Å². The second-order valence-corrected chi connectivity index (χ2v) is 8.72. The van der Waals surface area contributed by atoms with Crippen molar-refractivity contribution in [3.8, 4) is 0 Å². The monoisotopic (exact) mass is 354 g/mol. The maximum Gasteiger partial charge on any atom is 0.0780 e. The summed E-state index contributed by atoms with van der Waals surface area (Å²) in [5, 5.41) is 52.0. The van der Waals surface area contributed by atoms with Crippen molar-refractivity contribution in [3.63, 3.8) is 0 Å². The Morgan fingerprint density at radius 3 is 2.40 bits per heavy atom. The van der Waals surface area contributed by atoms with Crippen LogP contribution in [0.2, 0.25) is 0 Å². The Morgan fingerprint density at radius 2 is 1.84 bits per heavy atom. The molecule has 0 aromatic heterocycles. The van der Waals surface area contributed by atoms with Crippen molar-refractivity contribution < 1.29 is 25.5 Å². The average Bonchev–Trinajstić information content (AvgIpc) is 2.87. The van der Waals surface area contributed by atoms with Gasteiger partial charge in [0.15, 0.2) is 0 Å². The van der Waals surface area contributed by atoms with Gasteiger partial charge in [-0.2, -0.15) is 0 Å². The molecule has 2 aliphatic carbocycles. The van der Waals surface area contributed by atoms with Gasteiger partial charge in [0.2, 0.25) is 0 Å². The van der Waals surface area contributed by atoms with Crippen LogP contribution in [0.15, 0.2) is 23.8 Å². The van der Waals surface area contributed by atoms with Crippen molar-refractivity contribution in [2.45, 2.75) is 76.8 Å². The summed E-state index contributed by atoms with van der Waals surface area (Å²) in [4.78, 5) is 0. The fraction of sp³-hybridized carbons (Fsp3) is 0.800. The lowest BCUT2D eigenvalue weighted by Crippen LogP contribution is -2.43. The fourth-order valence-corrected chi connectivity index (χ4v) is 4.71. The molecule has 0 aromatic rings. The molecule has 0 aromatic carbocycles. The molecule has 25 heavy (non-hydrogen) atoms. The van der Waals surface area contributed by atoms with Crippen LogP contribution in [0.25, 0.3) is 0 Å². The van der Waals surface area contributed by atoms with Crippen molar-refractivity contribution in [2.24, 2.45) is 17.3 Å². The lowest BCUT2D eigenvalue weighted by molar-refractivity contribution is -0.0481. The molecule has 144 valence electrons. The molecule has 0 heterocycles. The standard InChI is InChI=1S/C20H34O5/c1-12-16(22)6-5-13(11-21)9-18(24)20(4)8-7-14(19(2,3)25)15(20)10-17(12)23/h9,14-18,21-25H,1,5-8,10-11H2,2-4H3. The maximum absolute atomic E-state index is 10.9. The van der Waals surface area contributed by atoms with Crippen molar-refractivity contribution in [1.29, 1.82) is 0 Å². The number of rotatable bonds is 2. The van der Waals surface area contributed by atoms with Gasteiger partial charge in [0, 0.05) is 5.41 Å². The van der Waals surface area contributed by atoms with E-state index in [0.717, 1.165) is 12.8 Å². The van der Waals surface area contributed by atoms with Gasteiger partial charge in [-0.05, 0) is 68.9 Å².